The van der Waals surface area contributed by atoms with Crippen molar-refractivity contribution in [3.63, 3.8) is 0 Å². The van der Waals surface area contributed by atoms with Crippen LogP contribution in [-0.2, 0) is 0 Å². The fourth-order valence-electron chi connectivity index (χ4n) is 1.88. The van der Waals surface area contributed by atoms with E-state index < -0.39 is 0 Å². The topological polar surface area (TPSA) is 94.9 Å². The van der Waals surface area contributed by atoms with Gasteiger partial charge in [0.25, 0.3) is 0 Å². The minimum atomic E-state index is 0.0968. The molecule has 3 N–H and O–H groups in total. The summed E-state index contributed by atoms with van der Waals surface area (Å²) in [6.45, 7) is 0. The Hall–Kier alpha value is -2.89. The Morgan fingerprint density at radius 2 is 1.84 bits per heavy atom. The molecule has 0 aliphatic carbocycles. The number of phenols is 2. The van der Waals surface area contributed by atoms with Crippen molar-refractivity contribution in [2.75, 3.05) is 0 Å². The normalized spacial score (nSPS) is 10.5. The van der Waals surface area contributed by atoms with E-state index in [1.54, 1.807) is 36.4 Å². The molecule has 0 saturated carbocycles. The largest absolute Gasteiger partial charge is 0.508 e. The number of aromatic amines is 1. The molecule has 1 heterocycles. The number of nitrogens with one attached hydrogen (secondary N) is 1. The number of aromatic nitrogens is 4. The van der Waals surface area contributed by atoms with Gasteiger partial charge in [-0.25, -0.2) is 5.10 Å². The van der Waals surface area contributed by atoms with Gasteiger partial charge < -0.3 is 10.2 Å². The van der Waals surface area contributed by atoms with Crippen molar-refractivity contribution in [2.45, 2.75) is 0 Å². The second-order valence-electron chi connectivity index (χ2n) is 4.03. The van der Waals surface area contributed by atoms with Gasteiger partial charge in [-0.3, -0.25) is 0 Å². The monoisotopic (exact) mass is 254 g/mol. The molecule has 3 aromatic rings. The molecule has 0 fully saturated rings. The van der Waals surface area contributed by atoms with Crippen molar-refractivity contribution in [1.29, 1.82) is 0 Å². The zero-order valence-corrected chi connectivity index (χ0v) is 9.78. The molecule has 1 aromatic heterocycles. The lowest BCUT2D eigenvalue weighted by Gasteiger charge is -2.06. The summed E-state index contributed by atoms with van der Waals surface area (Å²) < 4.78 is 0. The van der Waals surface area contributed by atoms with E-state index in [9.17, 15) is 10.2 Å². The lowest BCUT2D eigenvalue weighted by atomic mass is 10.0. The van der Waals surface area contributed by atoms with Crippen LogP contribution >= 0.6 is 0 Å². The van der Waals surface area contributed by atoms with Crippen LogP contribution in [-0.4, -0.2) is 30.8 Å². The lowest BCUT2D eigenvalue weighted by Crippen LogP contribution is -1.84. The maximum absolute atomic E-state index is 10.1. The summed E-state index contributed by atoms with van der Waals surface area (Å²) in [5.74, 6) is 0.734. The summed E-state index contributed by atoms with van der Waals surface area (Å²) in [5, 5.41) is 32.9. The number of H-pyrrole nitrogens is 1. The third-order valence-electron chi connectivity index (χ3n) is 2.77. The van der Waals surface area contributed by atoms with Crippen LogP contribution in [0.3, 0.4) is 0 Å². The van der Waals surface area contributed by atoms with Crippen molar-refractivity contribution in [3.05, 3.63) is 42.5 Å². The van der Waals surface area contributed by atoms with E-state index in [-0.39, 0.29) is 11.5 Å². The predicted molar refractivity (Wildman–Crippen MR) is 68.4 cm³/mol. The van der Waals surface area contributed by atoms with E-state index in [1.165, 1.54) is 0 Å². The molecule has 0 amide bonds. The van der Waals surface area contributed by atoms with Gasteiger partial charge in [-0.15, -0.1) is 5.10 Å². The van der Waals surface area contributed by atoms with E-state index >= 15 is 0 Å². The van der Waals surface area contributed by atoms with E-state index in [1.807, 2.05) is 6.07 Å². The first-order chi connectivity index (χ1) is 9.24. The maximum Gasteiger partial charge on any atom is 0.179 e. The Balaban J connectivity index is 2.05. The van der Waals surface area contributed by atoms with Gasteiger partial charge in [0.1, 0.15) is 11.5 Å². The fourth-order valence-corrected chi connectivity index (χ4v) is 1.88. The van der Waals surface area contributed by atoms with Crippen LogP contribution in [0.1, 0.15) is 0 Å². The summed E-state index contributed by atoms with van der Waals surface area (Å²) in [6, 6.07) is 11.8. The molecule has 0 spiro atoms. The highest BCUT2D eigenvalue weighted by atomic mass is 16.3. The molecule has 0 saturated heterocycles. The molecular weight excluding hydrogens is 244 g/mol. The number of rotatable bonds is 2. The molecule has 3 rings (SSSR count). The molecule has 0 atom stereocenters. The first kappa shape index (κ1) is 11.2. The fraction of sp³-hybridized carbons (Fsp3) is 0. The standard InChI is InChI=1S/C13H10N4O2/c18-10-3-1-2-8(6-10)11-5-4-9(7-12(11)19)13-14-16-17-15-13/h1-7,18-19H,(H,14,15,16,17). The molecule has 0 aliphatic heterocycles. The maximum atomic E-state index is 10.1. The SMILES string of the molecule is Oc1cccc(-c2ccc(-c3nnn[nH]3)cc2O)c1. The highest BCUT2D eigenvalue weighted by Gasteiger charge is 2.09. The van der Waals surface area contributed by atoms with Gasteiger partial charge in [0.05, 0.1) is 0 Å². The predicted octanol–water partition coefficient (Wildman–Crippen LogP) is 1.94. The Bertz CT molecular complexity index is 710. The number of aromatic hydroxyl groups is 2. The average Bonchev–Trinajstić information content (AvgIpc) is 2.92. The average molecular weight is 254 g/mol. The number of hydrogen-bond donors (Lipinski definition) is 3. The molecule has 19 heavy (non-hydrogen) atoms. The molecule has 0 radical (unpaired) electrons. The summed E-state index contributed by atoms with van der Waals surface area (Å²) in [5.41, 5.74) is 2.05. The van der Waals surface area contributed by atoms with Gasteiger partial charge >= 0.3 is 0 Å². The molecule has 6 heteroatoms. The summed E-state index contributed by atoms with van der Waals surface area (Å²) in [4.78, 5) is 0. The summed E-state index contributed by atoms with van der Waals surface area (Å²) in [7, 11) is 0. The van der Waals surface area contributed by atoms with Crippen LogP contribution in [0.2, 0.25) is 0 Å². The van der Waals surface area contributed by atoms with Crippen LogP contribution in [0.25, 0.3) is 22.5 Å². The zero-order valence-electron chi connectivity index (χ0n) is 9.78. The van der Waals surface area contributed by atoms with Crippen LogP contribution in [0.15, 0.2) is 42.5 Å². The highest BCUT2D eigenvalue weighted by molar-refractivity contribution is 5.74. The van der Waals surface area contributed by atoms with E-state index in [2.05, 4.69) is 20.6 Å². The minimum absolute atomic E-state index is 0.0968. The minimum Gasteiger partial charge on any atom is -0.508 e. The van der Waals surface area contributed by atoms with Gasteiger partial charge in [-0.1, -0.05) is 18.2 Å². The van der Waals surface area contributed by atoms with E-state index in [0.29, 0.717) is 17.0 Å². The Morgan fingerprint density at radius 1 is 0.947 bits per heavy atom. The van der Waals surface area contributed by atoms with Gasteiger partial charge in [-0.2, -0.15) is 0 Å². The van der Waals surface area contributed by atoms with Crippen LogP contribution in [0, 0.1) is 0 Å². The van der Waals surface area contributed by atoms with Crippen LogP contribution in [0.5, 0.6) is 11.5 Å². The summed E-state index contributed by atoms with van der Waals surface area (Å²) >= 11 is 0. The number of hydrogen-bond acceptors (Lipinski definition) is 5. The Labute approximate surface area is 108 Å². The highest BCUT2D eigenvalue weighted by Crippen LogP contribution is 2.33. The Morgan fingerprint density at radius 3 is 2.53 bits per heavy atom. The van der Waals surface area contributed by atoms with Gasteiger partial charge in [0.2, 0.25) is 0 Å². The van der Waals surface area contributed by atoms with Crippen molar-refractivity contribution >= 4 is 0 Å². The Kier molecular flexibility index (Phi) is 2.60. The molecule has 0 aliphatic rings. The summed E-state index contributed by atoms with van der Waals surface area (Å²) in [6.07, 6.45) is 0. The van der Waals surface area contributed by atoms with Crippen molar-refractivity contribution in [1.82, 2.24) is 20.6 Å². The molecule has 6 nitrogen and oxygen atoms in total. The van der Waals surface area contributed by atoms with Crippen molar-refractivity contribution < 1.29 is 10.2 Å². The second kappa shape index (κ2) is 4.41. The smallest absolute Gasteiger partial charge is 0.179 e. The molecular formula is C13H10N4O2. The number of phenolic OH excluding ortho intramolecular Hbond substituents is 2. The third-order valence-corrected chi connectivity index (χ3v) is 2.77. The quantitative estimate of drug-likeness (QED) is 0.649. The number of nitrogens with zero attached hydrogens (tertiary/aromatic N) is 3. The number of tetrazole rings is 1. The van der Waals surface area contributed by atoms with E-state index in [4.69, 9.17) is 0 Å². The van der Waals surface area contributed by atoms with Gasteiger partial charge in [0, 0.05) is 11.1 Å². The molecule has 0 unspecified atom stereocenters. The van der Waals surface area contributed by atoms with Gasteiger partial charge in [-0.05, 0) is 40.3 Å². The van der Waals surface area contributed by atoms with Gasteiger partial charge in [0.15, 0.2) is 5.82 Å². The third kappa shape index (κ3) is 2.11. The molecule has 2 aromatic carbocycles. The molecule has 94 valence electrons. The van der Waals surface area contributed by atoms with Crippen molar-refractivity contribution in [3.8, 4) is 34.0 Å². The van der Waals surface area contributed by atoms with Crippen molar-refractivity contribution in [2.24, 2.45) is 0 Å². The number of benzene rings is 2. The first-order valence-electron chi connectivity index (χ1n) is 5.60. The van der Waals surface area contributed by atoms with Crippen LogP contribution in [0.4, 0.5) is 0 Å². The zero-order chi connectivity index (χ0) is 13.2. The molecule has 0 bridgehead atoms. The first-order valence-corrected chi connectivity index (χ1v) is 5.60. The van der Waals surface area contributed by atoms with E-state index in [0.717, 1.165) is 5.56 Å². The lowest BCUT2D eigenvalue weighted by molar-refractivity contribution is 0.474. The van der Waals surface area contributed by atoms with Crippen LogP contribution < -0.4 is 0 Å². The second-order valence-corrected chi connectivity index (χ2v) is 4.03.